The number of rotatable bonds is 4. The largest absolute Gasteiger partial charge is 1.00 e. The number of para-hydroxylation sites is 1. The number of nitrogens with one attached hydrogen (secondary N) is 1. The molecule has 236 valence electrons. The van der Waals surface area contributed by atoms with E-state index in [9.17, 15) is 9.59 Å². The Morgan fingerprint density at radius 3 is 2.26 bits per heavy atom. The molecule has 5 N–H and O–H groups in total. The first kappa shape index (κ1) is 34.7. The van der Waals surface area contributed by atoms with E-state index in [-0.39, 0.29) is 50.1 Å². The van der Waals surface area contributed by atoms with Gasteiger partial charge in [-0.1, -0.05) is 85.3 Å². The Hall–Kier alpha value is -4.16. The molecule has 3 aromatic carbocycles. The maximum atomic E-state index is 11.9. The Morgan fingerprint density at radius 1 is 0.935 bits per heavy atom. The van der Waals surface area contributed by atoms with E-state index in [4.69, 9.17) is 25.9 Å². The number of fused-ring (bicyclic) bond motifs is 2. The molecule has 9 nitrogen and oxygen atoms in total. The number of nitrogen functional groups attached to an aromatic ring is 1. The molecule has 3 aliphatic rings. The fraction of sp³-hybridized carbons (Fsp3) is 0.333. The third kappa shape index (κ3) is 8.55. The molecule has 1 aliphatic carbocycles. The maximum Gasteiger partial charge on any atom is 1.00 e. The van der Waals surface area contributed by atoms with Gasteiger partial charge in [-0.15, -0.1) is 0 Å². The van der Waals surface area contributed by atoms with Crippen LogP contribution in [0.1, 0.15) is 67.9 Å². The Balaban J connectivity index is 0.000000189. The predicted octanol–water partition coefficient (Wildman–Crippen LogP) is 2.50. The summed E-state index contributed by atoms with van der Waals surface area (Å²) in [5.41, 5.74) is 17.8. The monoisotopic (exact) mass is 615 g/mol. The van der Waals surface area contributed by atoms with Gasteiger partial charge in [-0.2, -0.15) is 4.99 Å². The molecule has 1 saturated heterocycles. The summed E-state index contributed by atoms with van der Waals surface area (Å²) in [6.07, 6.45) is 7.44. The van der Waals surface area contributed by atoms with Crippen LogP contribution in [-0.4, -0.2) is 42.6 Å². The Labute approximate surface area is 283 Å². The number of benzene rings is 3. The smallest absolute Gasteiger partial charge is 1.00 e. The predicted molar refractivity (Wildman–Crippen MR) is 178 cm³/mol. The van der Waals surface area contributed by atoms with Crippen molar-refractivity contribution in [3.8, 4) is 0 Å². The van der Waals surface area contributed by atoms with Gasteiger partial charge in [-0.25, -0.2) is 0 Å². The molecule has 0 bridgehead atoms. The van der Waals surface area contributed by atoms with Crippen LogP contribution in [0.5, 0.6) is 0 Å². The number of anilines is 1. The number of piperidine rings is 1. The molecule has 3 heterocycles. The molecule has 1 aromatic heterocycles. The number of nitrogens with two attached hydrogens (primary N) is 2. The second kappa shape index (κ2) is 16.9. The number of pyridine rings is 1. The maximum absolute atomic E-state index is 11.9. The first-order chi connectivity index (χ1) is 22.0. The zero-order valence-corrected chi connectivity index (χ0v) is 26.7. The molecule has 4 aromatic rings. The van der Waals surface area contributed by atoms with Gasteiger partial charge in [0, 0.05) is 28.4 Å². The average Bonchev–Trinajstić information content (AvgIpc) is 3.44. The van der Waals surface area contributed by atoms with E-state index >= 15 is 0 Å². The molecule has 7 rings (SSSR count). The average molecular weight is 616 g/mol. The van der Waals surface area contributed by atoms with Gasteiger partial charge in [0.05, 0.1) is 18.5 Å². The van der Waals surface area contributed by atoms with Gasteiger partial charge in [-0.3, -0.25) is 14.6 Å². The van der Waals surface area contributed by atoms with Crippen molar-refractivity contribution in [3.05, 3.63) is 107 Å². The van der Waals surface area contributed by atoms with Crippen LogP contribution in [-0.2, 0) is 31.9 Å². The van der Waals surface area contributed by atoms with Crippen LogP contribution in [0, 0.1) is 0 Å². The van der Waals surface area contributed by atoms with E-state index in [1.807, 2.05) is 66.7 Å². The number of carbonyl (C=O) groups excluding carboxylic acids is 2. The van der Waals surface area contributed by atoms with Gasteiger partial charge in [0.2, 0.25) is 6.10 Å². The van der Waals surface area contributed by atoms with E-state index in [0.29, 0.717) is 0 Å². The van der Waals surface area contributed by atoms with Crippen molar-refractivity contribution in [3.63, 3.8) is 0 Å². The summed E-state index contributed by atoms with van der Waals surface area (Å²) < 4.78 is 9.98. The summed E-state index contributed by atoms with van der Waals surface area (Å²) in [5, 5.41) is 4.54. The molecule has 0 spiro atoms. The molecular formula is C36H42LiN5O4. The quantitative estimate of drug-likeness (QED) is 0.235. The summed E-state index contributed by atoms with van der Waals surface area (Å²) in [7, 11) is 1.46. The fourth-order valence-corrected chi connectivity index (χ4v) is 6.10. The van der Waals surface area contributed by atoms with Gasteiger partial charge in [0.15, 0.2) is 0 Å². The second-order valence-electron chi connectivity index (χ2n) is 11.3. The van der Waals surface area contributed by atoms with Crippen molar-refractivity contribution in [2.45, 2.75) is 63.0 Å². The molecule has 1 fully saturated rings. The van der Waals surface area contributed by atoms with Crippen LogP contribution in [0.25, 0.3) is 10.9 Å². The molecule has 0 saturated carbocycles. The number of nitrogens with zero attached hydrogens (tertiary/aromatic N) is 2. The van der Waals surface area contributed by atoms with E-state index < -0.39 is 6.10 Å². The first-order valence-electron chi connectivity index (χ1n) is 15.6. The Bertz CT molecular complexity index is 1640. The minimum atomic E-state index is -0.652. The minimum absolute atomic E-state index is 0. The van der Waals surface area contributed by atoms with Gasteiger partial charge in [0.1, 0.15) is 0 Å². The number of ether oxygens (including phenoxy) is 2. The van der Waals surface area contributed by atoms with Crippen LogP contribution in [0.3, 0.4) is 0 Å². The SMILES string of the molecule is COC(=O)C(c1ccccc1)C1CCCCN1.NC1=NC(=O)C(c2ccccc2)O1.Nc1c2c(nc3ccccc13)CCCC2.[H-].[Li+]. The summed E-state index contributed by atoms with van der Waals surface area (Å²) in [5.74, 6) is -0.666. The summed E-state index contributed by atoms with van der Waals surface area (Å²) in [6.45, 7) is 0.991. The van der Waals surface area contributed by atoms with E-state index in [1.165, 1.54) is 44.1 Å². The van der Waals surface area contributed by atoms with E-state index in [1.54, 1.807) is 12.1 Å². The van der Waals surface area contributed by atoms with Crippen molar-refractivity contribution in [1.82, 2.24) is 10.3 Å². The number of carbonyl (C=O) groups is 2. The van der Waals surface area contributed by atoms with Crippen molar-refractivity contribution >= 4 is 34.5 Å². The van der Waals surface area contributed by atoms with E-state index in [2.05, 4.69) is 16.4 Å². The van der Waals surface area contributed by atoms with Crippen molar-refractivity contribution in [1.29, 1.82) is 0 Å². The molecule has 0 radical (unpaired) electrons. The number of esters is 1. The number of aryl methyl sites for hydroxylation is 1. The van der Waals surface area contributed by atoms with E-state index in [0.717, 1.165) is 53.5 Å². The summed E-state index contributed by atoms with van der Waals surface area (Å²) in [6, 6.07) is 27.3. The molecule has 1 amide bonds. The van der Waals surface area contributed by atoms with Gasteiger partial charge in [-0.05, 0) is 62.3 Å². The summed E-state index contributed by atoms with van der Waals surface area (Å²) in [4.78, 5) is 31.3. The van der Waals surface area contributed by atoms with Crippen molar-refractivity contribution in [2.24, 2.45) is 10.7 Å². The van der Waals surface area contributed by atoms with Crippen LogP contribution < -0.4 is 35.6 Å². The zero-order valence-electron chi connectivity index (χ0n) is 27.7. The standard InChI is InChI=1S/C14H19NO2.C13H14N2.C9H8N2O2.Li.H/c1-17-14(16)13(11-7-3-2-4-8-11)12-9-5-6-10-15-12;14-13-9-5-1-3-7-11(9)15-12-8-4-2-6-10(12)13;10-9-11-8(12)7(13-9)6-4-2-1-3-5-6;;/h2-4,7-8,12-13,15H,5-6,9-10H2,1H3;1,3,5,7H,2,4,6,8H2,(H2,14,15);1-5,7H,(H2,10,11,12);;/q;;;+1;-1. The number of hydrogen-bond acceptors (Lipinski definition) is 8. The van der Waals surface area contributed by atoms with Crippen LogP contribution in [0.4, 0.5) is 5.69 Å². The third-order valence-corrected chi connectivity index (χ3v) is 8.36. The summed E-state index contributed by atoms with van der Waals surface area (Å²) >= 11 is 0. The van der Waals surface area contributed by atoms with Crippen LogP contribution in [0.15, 0.2) is 89.9 Å². The number of hydrogen-bond donors (Lipinski definition) is 3. The van der Waals surface area contributed by atoms with Gasteiger partial charge in [0.25, 0.3) is 11.9 Å². The molecule has 10 heteroatoms. The topological polar surface area (TPSA) is 142 Å². The number of aromatic nitrogens is 1. The normalized spacial score (nSPS) is 19.0. The Kier molecular flexibility index (Phi) is 12.8. The zero-order chi connectivity index (χ0) is 31.6. The molecule has 3 atom stereocenters. The third-order valence-electron chi connectivity index (χ3n) is 8.36. The van der Waals surface area contributed by atoms with Crippen LogP contribution in [0.2, 0.25) is 0 Å². The molecule has 3 unspecified atom stereocenters. The first-order valence-corrected chi connectivity index (χ1v) is 15.6. The minimum Gasteiger partial charge on any atom is -1.00 e. The number of amides is 1. The Morgan fingerprint density at radius 2 is 1.61 bits per heavy atom. The second-order valence-corrected chi connectivity index (χ2v) is 11.3. The van der Waals surface area contributed by atoms with Gasteiger partial charge < -0.3 is 27.7 Å². The number of aliphatic imine (C=N–C) groups is 1. The number of amidine groups is 1. The van der Waals surface area contributed by atoms with Gasteiger partial charge >= 0.3 is 24.8 Å². The molecule has 46 heavy (non-hydrogen) atoms. The van der Waals surface area contributed by atoms with Crippen LogP contribution >= 0.6 is 0 Å². The fourth-order valence-electron chi connectivity index (χ4n) is 6.10. The van der Waals surface area contributed by atoms with Crippen molar-refractivity contribution in [2.75, 3.05) is 19.4 Å². The molecule has 2 aliphatic heterocycles. The molecular weight excluding hydrogens is 573 g/mol. The van der Waals surface area contributed by atoms with Crippen molar-refractivity contribution < 1.29 is 39.4 Å². The number of methoxy groups -OCH3 is 1.